The number of benzene rings is 1. The summed E-state index contributed by atoms with van der Waals surface area (Å²) in [4.78, 5) is 14.3. The lowest BCUT2D eigenvalue weighted by Crippen LogP contribution is -2.46. The Bertz CT molecular complexity index is 636. The number of hydrogen-bond donors (Lipinski definition) is 0. The van der Waals surface area contributed by atoms with Gasteiger partial charge in [-0.25, -0.2) is 0 Å². The van der Waals surface area contributed by atoms with Gasteiger partial charge in [-0.2, -0.15) is 0 Å². The molecular formula is C24H39NO3. The van der Waals surface area contributed by atoms with Gasteiger partial charge in [-0.15, -0.1) is 0 Å². The van der Waals surface area contributed by atoms with Crippen LogP contribution in [-0.4, -0.2) is 35.7 Å². The van der Waals surface area contributed by atoms with E-state index in [1.54, 1.807) is 6.92 Å². The number of nitrogens with zero attached hydrogens (tertiary/aromatic N) is 1. The molecule has 0 aromatic heterocycles. The van der Waals surface area contributed by atoms with E-state index in [2.05, 4.69) is 39.8 Å². The van der Waals surface area contributed by atoms with Gasteiger partial charge >= 0.3 is 0 Å². The van der Waals surface area contributed by atoms with E-state index in [1.165, 1.54) is 0 Å². The van der Waals surface area contributed by atoms with Crippen molar-refractivity contribution in [2.75, 3.05) is 13.2 Å². The fourth-order valence-electron chi connectivity index (χ4n) is 4.38. The van der Waals surface area contributed by atoms with E-state index in [0.717, 1.165) is 43.7 Å². The molecule has 1 atom stereocenters. The Labute approximate surface area is 171 Å². The highest BCUT2D eigenvalue weighted by Crippen LogP contribution is 2.47. The largest absolute Gasteiger partial charge is 0.491 e. The second kappa shape index (κ2) is 9.30. The molecule has 1 aliphatic rings. The molecule has 0 spiro atoms. The van der Waals surface area contributed by atoms with Crippen LogP contribution in [0.5, 0.6) is 5.75 Å². The molecule has 158 valence electrons. The molecule has 1 aromatic rings. The second-order valence-corrected chi connectivity index (χ2v) is 9.55. The van der Waals surface area contributed by atoms with E-state index in [9.17, 15) is 4.79 Å². The summed E-state index contributed by atoms with van der Waals surface area (Å²) < 4.78 is 11.7. The fourth-order valence-corrected chi connectivity index (χ4v) is 4.38. The molecule has 1 heterocycles. The van der Waals surface area contributed by atoms with E-state index in [-0.39, 0.29) is 23.0 Å². The van der Waals surface area contributed by atoms with E-state index in [0.29, 0.717) is 12.5 Å². The van der Waals surface area contributed by atoms with Gasteiger partial charge in [0.2, 0.25) is 5.91 Å². The SMILES string of the molecule is CC(=O)N(CC[C@]1(C(C)C)CCOC(C)(C)C1)Cc1ccc(OC(C)C)cc1. The molecule has 1 saturated heterocycles. The molecular weight excluding hydrogens is 350 g/mol. The minimum Gasteiger partial charge on any atom is -0.491 e. The first-order valence-electron chi connectivity index (χ1n) is 10.7. The molecule has 1 fully saturated rings. The summed E-state index contributed by atoms with van der Waals surface area (Å²) in [5.74, 6) is 1.57. The van der Waals surface area contributed by atoms with Crippen LogP contribution in [0.3, 0.4) is 0 Å². The number of carbonyl (C=O) groups excluding carboxylic acids is 1. The van der Waals surface area contributed by atoms with Gasteiger partial charge in [-0.1, -0.05) is 26.0 Å². The van der Waals surface area contributed by atoms with E-state index in [1.807, 2.05) is 30.9 Å². The van der Waals surface area contributed by atoms with Crippen LogP contribution in [0, 0.1) is 11.3 Å². The van der Waals surface area contributed by atoms with E-state index < -0.39 is 0 Å². The van der Waals surface area contributed by atoms with Gasteiger partial charge < -0.3 is 14.4 Å². The molecule has 4 nitrogen and oxygen atoms in total. The van der Waals surface area contributed by atoms with Crippen molar-refractivity contribution in [3.8, 4) is 5.75 Å². The third-order valence-electron chi connectivity index (χ3n) is 6.09. The number of ether oxygens (including phenoxy) is 2. The molecule has 0 unspecified atom stereocenters. The molecule has 28 heavy (non-hydrogen) atoms. The molecule has 1 aliphatic heterocycles. The normalized spacial score (nSPS) is 21.8. The van der Waals surface area contributed by atoms with Crippen LogP contribution in [0.1, 0.15) is 73.3 Å². The molecule has 0 radical (unpaired) electrons. The standard InChI is InChI=1S/C24H39NO3/c1-18(2)24(13-15-27-23(6,7)17-24)12-14-25(20(5)26)16-21-8-10-22(11-9-21)28-19(3)4/h8-11,18-19H,12-17H2,1-7H3/t24-/m0/s1. The van der Waals surface area contributed by atoms with Crippen LogP contribution in [0.25, 0.3) is 0 Å². The third kappa shape index (κ3) is 6.23. The first-order chi connectivity index (χ1) is 13.0. The first kappa shape index (κ1) is 22.7. The van der Waals surface area contributed by atoms with Gasteiger partial charge in [0.25, 0.3) is 0 Å². The van der Waals surface area contributed by atoms with Crippen LogP contribution in [-0.2, 0) is 16.1 Å². The van der Waals surface area contributed by atoms with Crippen LogP contribution >= 0.6 is 0 Å². The van der Waals surface area contributed by atoms with E-state index in [4.69, 9.17) is 9.47 Å². The zero-order valence-electron chi connectivity index (χ0n) is 18.9. The summed E-state index contributed by atoms with van der Waals surface area (Å²) in [5.41, 5.74) is 1.28. The maximum absolute atomic E-state index is 12.3. The Balaban J connectivity index is 2.04. The van der Waals surface area contributed by atoms with E-state index >= 15 is 0 Å². The van der Waals surface area contributed by atoms with Crippen molar-refractivity contribution in [3.05, 3.63) is 29.8 Å². The molecule has 1 amide bonds. The average Bonchev–Trinajstić information content (AvgIpc) is 2.58. The predicted molar refractivity (Wildman–Crippen MR) is 114 cm³/mol. The van der Waals surface area contributed by atoms with Crippen molar-refractivity contribution in [2.45, 2.75) is 86.0 Å². The lowest BCUT2D eigenvalue weighted by Gasteiger charge is -2.48. The van der Waals surface area contributed by atoms with Crippen molar-refractivity contribution in [1.29, 1.82) is 0 Å². The number of hydrogen-bond acceptors (Lipinski definition) is 3. The number of rotatable bonds is 8. The molecule has 0 aliphatic carbocycles. The fraction of sp³-hybridized carbons (Fsp3) is 0.708. The van der Waals surface area contributed by atoms with Crippen molar-refractivity contribution in [1.82, 2.24) is 4.90 Å². The van der Waals surface area contributed by atoms with Crippen LogP contribution in [0.4, 0.5) is 0 Å². The lowest BCUT2D eigenvalue weighted by atomic mass is 9.65. The maximum atomic E-state index is 12.3. The molecule has 2 rings (SSSR count). The molecule has 0 N–H and O–H groups in total. The van der Waals surface area contributed by atoms with Crippen LogP contribution in [0.15, 0.2) is 24.3 Å². The van der Waals surface area contributed by atoms with Gasteiger partial charge in [0.05, 0.1) is 11.7 Å². The van der Waals surface area contributed by atoms with Crippen molar-refractivity contribution in [3.63, 3.8) is 0 Å². The molecule has 4 heteroatoms. The highest BCUT2D eigenvalue weighted by molar-refractivity contribution is 5.73. The predicted octanol–water partition coefficient (Wildman–Crippen LogP) is 5.44. The summed E-state index contributed by atoms with van der Waals surface area (Å²) in [5, 5.41) is 0. The zero-order chi connectivity index (χ0) is 20.9. The van der Waals surface area contributed by atoms with Gasteiger partial charge in [0.1, 0.15) is 5.75 Å². The Hall–Kier alpha value is -1.55. The van der Waals surface area contributed by atoms with Crippen molar-refractivity contribution < 1.29 is 14.3 Å². The Morgan fingerprint density at radius 1 is 1.18 bits per heavy atom. The quantitative estimate of drug-likeness (QED) is 0.594. The smallest absolute Gasteiger partial charge is 0.219 e. The third-order valence-corrected chi connectivity index (χ3v) is 6.09. The Morgan fingerprint density at radius 2 is 1.82 bits per heavy atom. The summed E-state index contributed by atoms with van der Waals surface area (Å²) in [6.45, 7) is 17.0. The number of amides is 1. The summed E-state index contributed by atoms with van der Waals surface area (Å²) in [6, 6.07) is 8.10. The average molecular weight is 390 g/mol. The summed E-state index contributed by atoms with van der Waals surface area (Å²) >= 11 is 0. The minimum atomic E-state index is -0.0875. The van der Waals surface area contributed by atoms with Crippen LogP contribution < -0.4 is 4.74 Å². The molecule has 0 saturated carbocycles. The molecule has 0 bridgehead atoms. The van der Waals surface area contributed by atoms with Gasteiger partial charge in [0.15, 0.2) is 0 Å². The van der Waals surface area contributed by atoms with Crippen molar-refractivity contribution in [2.24, 2.45) is 11.3 Å². The number of carbonyl (C=O) groups is 1. The van der Waals surface area contributed by atoms with Crippen molar-refractivity contribution >= 4 is 5.91 Å². The lowest BCUT2D eigenvalue weighted by molar-refractivity contribution is -0.134. The minimum absolute atomic E-state index is 0.0875. The maximum Gasteiger partial charge on any atom is 0.219 e. The van der Waals surface area contributed by atoms with Gasteiger partial charge in [-0.3, -0.25) is 4.79 Å². The second-order valence-electron chi connectivity index (χ2n) is 9.55. The Morgan fingerprint density at radius 3 is 2.32 bits per heavy atom. The van der Waals surface area contributed by atoms with Gasteiger partial charge in [0, 0.05) is 26.6 Å². The zero-order valence-corrected chi connectivity index (χ0v) is 18.9. The first-order valence-corrected chi connectivity index (χ1v) is 10.7. The molecule has 1 aromatic carbocycles. The topological polar surface area (TPSA) is 38.8 Å². The highest BCUT2D eigenvalue weighted by Gasteiger charge is 2.42. The van der Waals surface area contributed by atoms with Gasteiger partial charge in [-0.05, 0) is 76.0 Å². The monoisotopic (exact) mass is 389 g/mol. The van der Waals surface area contributed by atoms with Crippen LogP contribution in [0.2, 0.25) is 0 Å². The Kier molecular flexibility index (Phi) is 7.55. The summed E-state index contributed by atoms with van der Waals surface area (Å²) in [6.07, 6.45) is 3.30. The highest BCUT2D eigenvalue weighted by atomic mass is 16.5. The summed E-state index contributed by atoms with van der Waals surface area (Å²) in [7, 11) is 0.